The smallest absolute Gasteiger partial charge is 0.257 e. The summed E-state index contributed by atoms with van der Waals surface area (Å²) < 4.78 is 7.43. The second kappa shape index (κ2) is 8.22. The lowest BCUT2D eigenvalue weighted by Gasteiger charge is -2.06. The van der Waals surface area contributed by atoms with Crippen LogP contribution in [0.3, 0.4) is 0 Å². The average molecular weight is 389 g/mol. The molecule has 0 bridgehead atoms. The molecule has 0 spiro atoms. The average Bonchev–Trinajstić information content (AvgIpc) is 3.35. The summed E-state index contributed by atoms with van der Waals surface area (Å²) in [5, 5.41) is 13.6. The molecule has 0 amide bonds. The van der Waals surface area contributed by atoms with Gasteiger partial charge in [-0.1, -0.05) is 71.0 Å². The molecule has 6 nitrogen and oxygen atoms in total. The molecule has 0 fully saturated rings. The standard InChI is InChI=1S/C21H19N5OS/c1-3-13-26-19(16-7-5-4-6-8-16)23-24-21(26)28-14-18-22-20(27-25-18)17-11-9-15(2)10-12-17/h3-12H,1,13-14H2,2H3. The van der Waals surface area contributed by atoms with Crippen molar-refractivity contribution in [1.82, 2.24) is 24.9 Å². The Kier molecular flexibility index (Phi) is 5.34. The van der Waals surface area contributed by atoms with E-state index in [1.165, 1.54) is 17.3 Å². The first-order chi connectivity index (χ1) is 13.7. The lowest BCUT2D eigenvalue weighted by atomic mass is 10.1. The van der Waals surface area contributed by atoms with Gasteiger partial charge in [0.05, 0.1) is 5.75 Å². The molecule has 0 saturated heterocycles. The highest BCUT2D eigenvalue weighted by molar-refractivity contribution is 7.98. The van der Waals surface area contributed by atoms with Crippen LogP contribution in [0.15, 0.2) is 76.9 Å². The summed E-state index contributed by atoms with van der Waals surface area (Å²) in [6.07, 6.45) is 1.84. The van der Waals surface area contributed by atoms with E-state index in [2.05, 4.69) is 26.9 Å². The summed E-state index contributed by atoms with van der Waals surface area (Å²) >= 11 is 1.52. The van der Waals surface area contributed by atoms with Crippen molar-refractivity contribution >= 4 is 11.8 Å². The minimum atomic E-state index is 0.521. The summed E-state index contributed by atoms with van der Waals surface area (Å²) in [6, 6.07) is 18.0. The molecular weight excluding hydrogens is 370 g/mol. The second-order valence-corrected chi connectivity index (χ2v) is 7.18. The quantitative estimate of drug-likeness (QED) is 0.335. The SMILES string of the molecule is C=CCn1c(SCc2noc(-c3ccc(C)cc3)n2)nnc1-c1ccccc1. The number of benzene rings is 2. The molecule has 0 unspecified atom stereocenters. The number of thioether (sulfide) groups is 1. The Morgan fingerprint density at radius 2 is 1.82 bits per heavy atom. The predicted molar refractivity (Wildman–Crippen MR) is 110 cm³/mol. The zero-order valence-corrected chi connectivity index (χ0v) is 16.3. The number of nitrogens with zero attached hydrogens (tertiary/aromatic N) is 5. The zero-order chi connectivity index (χ0) is 19.3. The lowest BCUT2D eigenvalue weighted by Crippen LogP contribution is -2.00. The topological polar surface area (TPSA) is 69.6 Å². The number of hydrogen-bond donors (Lipinski definition) is 0. The summed E-state index contributed by atoms with van der Waals surface area (Å²) in [7, 11) is 0. The third-order valence-electron chi connectivity index (χ3n) is 4.16. The maximum Gasteiger partial charge on any atom is 0.257 e. The predicted octanol–water partition coefficient (Wildman–Crippen LogP) is 4.78. The van der Waals surface area contributed by atoms with Crippen molar-refractivity contribution in [3.8, 4) is 22.8 Å². The fraction of sp³-hybridized carbons (Fsp3) is 0.143. The number of rotatable bonds is 7. The van der Waals surface area contributed by atoms with Crippen molar-refractivity contribution in [2.45, 2.75) is 24.4 Å². The van der Waals surface area contributed by atoms with Crippen LogP contribution in [0.4, 0.5) is 0 Å². The number of aryl methyl sites for hydroxylation is 1. The largest absolute Gasteiger partial charge is 0.334 e. The van der Waals surface area contributed by atoms with Gasteiger partial charge in [-0.15, -0.1) is 16.8 Å². The molecule has 0 aliphatic carbocycles. The molecule has 0 radical (unpaired) electrons. The third-order valence-corrected chi connectivity index (χ3v) is 5.12. The summed E-state index contributed by atoms with van der Waals surface area (Å²) in [6.45, 7) is 6.52. The van der Waals surface area contributed by atoms with Gasteiger partial charge in [0.2, 0.25) is 0 Å². The molecule has 0 saturated carbocycles. The Morgan fingerprint density at radius 1 is 1.04 bits per heavy atom. The van der Waals surface area contributed by atoms with Gasteiger partial charge in [-0.25, -0.2) is 0 Å². The normalized spacial score (nSPS) is 10.9. The summed E-state index contributed by atoms with van der Waals surface area (Å²) in [5.74, 6) is 2.50. The molecule has 4 aromatic rings. The minimum Gasteiger partial charge on any atom is -0.334 e. The van der Waals surface area contributed by atoms with Crippen LogP contribution in [-0.2, 0) is 12.3 Å². The van der Waals surface area contributed by atoms with Crippen molar-refractivity contribution in [1.29, 1.82) is 0 Å². The van der Waals surface area contributed by atoms with Crippen LogP contribution in [-0.4, -0.2) is 24.9 Å². The van der Waals surface area contributed by atoms with Crippen LogP contribution in [0.25, 0.3) is 22.8 Å². The number of aromatic nitrogens is 5. The molecular formula is C21H19N5OS. The second-order valence-electron chi connectivity index (χ2n) is 6.24. The molecule has 0 aliphatic heterocycles. The maximum absolute atomic E-state index is 5.40. The Bertz CT molecular complexity index is 1070. The molecule has 7 heteroatoms. The molecule has 0 atom stereocenters. The molecule has 0 aliphatic rings. The van der Waals surface area contributed by atoms with E-state index in [9.17, 15) is 0 Å². The Morgan fingerprint density at radius 3 is 2.57 bits per heavy atom. The van der Waals surface area contributed by atoms with Crippen molar-refractivity contribution in [3.63, 3.8) is 0 Å². The summed E-state index contributed by atoms with van der Waals surface area (Å²) in [4.78, 5) is 4.49. The van der Waals surface area contributed by atoms with Crippen molar-refractivity contribution in [2.75, 3.05) is 0 Å². The van der Waals surface area contributed by atoms with E-state index in [1.807, 2.05) is 72.2 Å². The van der Waals surface area contributed by atoms with Gasteiger partial charge in [0.1, 0.15) is 0 Å². The van der Waals surface area contributed by atoms with Crippen LogP contribution in [0.5, 0.6) is 0 Å². The molecule has 2 aromatic carbocycles. The van der Waals surface area contributed by atoms with Crippen LogP contribution in [0.2, 0.25) is 0 Å². The highest BCUT2D eigenvalue weighted by atomic mass is 32.2. The van der Waals surface area contributed by atoms with E-state index < -0.39 is 0 Å². The first-order valence-corrected chi connectivity index (χ1v) is 9.85. The fourth-order valence-electron chi connectivity index (χ4n) is 2.75. The maximum atomic E-state index is 5.40. The van der Waals surface area contributed by atoms with Gasteiger partial charge in [0.25, 0.3) is 5.89 Å². The van der Waals surface area contributed by atoms with E-state index in [-0.39, 0.29) is 0 Å². The van der Waals surface area contributed by atoms with Crippen LogP contribution >= 0.6 is 11.8 Å². The first-order valence-electron chi connectivity index (χ1n) is 8.86. The van der Waals surface area contributed by atoms with Crippen LogP contribution < -0.4 is 0 Å². The van der Waals surface area contributed by atoms with Gasteiger partial charge in [-0.3, -0.25) is 4.57 Å². The Balaban J connectivity index is 1.52. The first kappa shape index (κ1) is 18.2. The van der Waals surface area contributed by atoms with Gasteiger partial charge < -0.3 is 4.52 Å². The monoisotopic (exact) mass is 389 g/mol. The minimum absolute atomic E-state index is 0.521. The van der Waals surface area contributed by atoms with Gasteiger partial charge in [0.15, 0.2) is 16.8 Å². The molecule has 28 heavy (non-hydrogen) atoms. The van der Waals surface area contributed by atoms with E-state index in [0.717, 1.165) is 22.1 Å². The number of hydrogen-bond acceptors (Lipinski definition) is 6. The Labute approximate surface area is 167 Å². The van der Waals surface area contributed by atoms with Gasteiger partial charge in [-0.05, 0) is 19.1 Å². The van der Waals surface area contributed by atoms with E-state index in [4.69, 9.17) is 4.52 Å². The van der Waals surface area contributed by atoms with E-state index in [1.54, 1.807) is 0 Å². The molecule has 0 N–H and O–H groups in total. The highest BCUT2D eigenvalue weighted by Crippen LogP contribution is 2.26. The highest BCUT2D eigenvalue weighted by Gasteiger charge is 2.15. The molecule has 2 aromatic heterocycles. The van der Waals surface area contributed by atoms with Gasteiger partial charge in [0, 0.05) is 17.7 Å². The number of allylic oxidation sites excluding steroid dienone is 1. The molecule has 4 rings (SSSR count). The van der Waals surface area contributed by atoms with E-state index in [0.29, 0.717) is 24.0 Å². The zero-order valence-electron chi connectivity index (χ0n) is 15.4. The molecule has 140 valence electrons. The third kappa shape index (κ3) is 3.89. The lowest BCUT2D eigenvalue weighted by molar-refractivity contribution is 0.425. The van der Waals surface area contributed by atoms with Gasteiger partial charge in [-0.2, -0.15) is 4.98 Å². The molecule has 2 heterocycles. The summed E-state index contributed by atoms with van der Waals surface area (Å²) in [5.41, 5.74) is 3.12. The van der Waals surface area contributed by atoms with E-state index >= 15 is 0 Å². The Hall–Kier alpha value is -3.19. The fourth-order valence-corrected chi connectivity index (χ4v) is 3.54. The van der Waals surface area contributed by atoms with Crippen LogP contribution in [0.1, 0.15) is 11.4 Å². The van der Waals surface area contributed by atoms with Crippen LogP contribution in [0, 0.1) is 6.92 Å². The van der Waals surface area contributed by atoms with Crippen molar-refractivity contribution in [2.24, 2.45) is 0 Å². The van der Waals surface area contributed by atoms with Gasteiger partial charge >= 0.3 is 0 Å². The van der Waals surface area contributed by atoms with Crippen molar-refractivity contribution in [3.05, 3.63) is 78.6 Å². The van der Waals surface area contributed by atoms with Crippen molar-refractivity contribution < 1.29 is 4.52 Å².